The Morgan fingerprint density at radius 2 is 1.32 bits per heavy atom. The van der Waals surface area contributed by atoms with Crippen LogP contribution in [0.3, 0.4) is 0 Å². The molecule has 0 N–H and O–H groups in total. The van der Waals surface area contributed by atoms with Crippen molar-refractivity contribution < 1.29 is 0 Å². The highest BCUT2D eigenvalue weighted by Crippen LogP contribution is 2.46. The molecule has 4 unspecified atom stereocenters. The van der Waals surface area contributed by atoms with E-state index >= 15 is 0 Å². The van der Waals surface area contributed by atoms with Crippen LogP contribution in [-0.4, -0.2) is 0 Å². The fourth-order valence-corrected chi connectivity index (χ4v) is 4.75. The van der Waals surface area contributed by atoms with E-state index in [9.17, 15) is 0 Å². The second-order valence-corrected chi connectivity index (χ2v) is 7.49. The summed E-state index contributed by atoms with van der Waals surface area (Å²) in [6.07, 6.45) is 19.7. The van der Waals surface area contributed by atoms with Gasteiger partial charge in [0.05, 0.1) is 0 Å². The molecule has 0 amide bonds. The monoisotopic (exact) mass is 264 g/mol. The number of rotatable bonds is 7. The van der Waals surface area contributed by atoms with E-state index in [-0.39, 0.29) is 0 Å². The van der Waals surface area contributed by atoms with Crippen molar-refractivity contribution in [3.8, 4) is 0 Å². The normalized spacial score (nSPS) is 35.1. The number of fused-ring (bicyclic) bond motifs is 1. The van der Waals surface area contributed by atoms with E-state index in [0.717, 1.165) is 23.7 Å². The first-order valence-corrected chi connectivity index (χ1v) is 9.33. The van der Waals surface area contributed by atoms with Gasteiger partial charge in [0.25, 0.3) is 0 Å². The molecule has 19 heavy (non-hydrogen) atoms. The third-order valence-corrected chi connectivity index (χ3v) is 6.12. The molecule has 0 saturated heterocycles. The Labute approximate surface area is 121 Å². The predicted molar refractivity (Wildman–Crippen MR) is 85.3 cm³/mol. The summed E-state index contributed by atoms with van der Waals surface area (Å²) in [5, 5.41) is 0. The lowest BCUT2D eigenvalue weighted by Crippen LogP contribution is -2.30. The van der Waals surface area contributed by atoms with Gasteiger partial charge < -0.3 is 0 Å². The van der Waals surface area contributed by atoms with Crippen LogP contribution < -0.4 is 0 Å². The van der Waals surface area contributed by atoms with E-state index in [4.69, 9.17) is 0 Å². The van der Waals surface area contributed by atoms with Crippen molar-refractivity contribution in [3.63, 3.8) is 0 Å². The van der Waals surface area contributed by atoms with E-state index in [2.05, 4.69) is 13.8 Å². The van der Waals surface area contributed by atoms with Gasteiger partial charge in [0.2, 0.25) is 0 Å². The Morgan fingerprint density at radius 3 is 2.00 bits per heavy atom. The molecule has 0 aliphatic heterocycles. The van der Waals surface area contributed by atoms with Crippen LogP contribution in [0.1, 0.15) is 97.3 Å². The minimum absolute atomic E-state index is 1.08. The molecule has 0 spiro atoms. The summed E-state index contributed by atoms with van der Waals surface area (Å²) in [7, 11) is 0. The van der Waals surface area contributed by atoms with Crippen LogP contribution in [0.5, 0.6) is 0 Å². The maximum Gasteiger partial charge on any atom is -0.0383 e. The second-order valence-electron chi connectivity index (χ2n) is 7.49. The summed E-state index contributed by atoms with van der Waals surface area (Å²) >= 11 is 0. The number of unbranched alkanes of at least 4 members (excludes halogenated alkanes) is 4. The highest BCUT2D eigenvalue weighted by molar-refractivity contribution is 4.85. The van der Waals surface area contributed by atoms with Crippen molar-refractivity contribution in [2.24, 2.45) is 23.7 Å². The Bertz CT molecular complexity index is 230. The highest BCUT2D eigenvalue weighted by atomic mass is 14.4. The standard InChI is InChI=1S/C19H36/c1-3-5-6-7-8-9-17-11-13-18-14-16(4-2)10-12-19(18)15-17/h16-19H,3-15H2,1-2H3. The van der Waals surface area contributed by atoms with Crippen molar-refractivity contribution in [1.29, 1.82) is 0 Å². The summed E-state index contributed by atoms with van der Waals surface area (Å²) in [5.74, 6) is 4.42. The van der Waals surface area contributed by atoms with Crippen molar-refractivity contribution >= 4 is 0 Å². The SMILES string of the molecule is CCCCCCCC1CCC2CC(CC)CCC2C1. The molecule has 0 heteroatoms. The van der Waals surface area contributed by atoms with Crippen molar-refractivity contribution in [1.82, 2.24) is 0 Å². The first kappa shape index (κ1) is 15.4. The Kier molecular flexibility index (Phi) is 6.74. The maximum atomic E-state index is 2.40. The fourth-order valence-electron chi connectivity index (χ4n) is 4.75. The lowest BCUT2D eigenvalue weighted by molar-refractivity contribution is 0.0929. The minimum Gasteiger partial charge on any atom is -0.0654 e. The van der Waals surface area contributed by atoms with Gasteiger partial charge in [0, 0.05) is 0 Å². The quantitative estimate of drug-likeness (QED) is 0.455. The van der Waals surface area contributed by atoms with E-state index in [1.807, 2.05) is 0 Å². The molecule has 0 bridgehead atoms. The average Bonchev–Trinajstić information content (AvgIpc) is 2.46. The number of hydrogen-bond donors (Lipinski definition) is 0. The van der Waals surface area contributed by atoms with Crippen molar-refractivity contribution in [3.05, 3.63) is 0 Å². The molecule has 112 valence electrons. The molecule has 2 aliphatic rings. The van der Waals surface area contributed by atoms with Gasteiger partial charge >= 0.3 is 0 Å². The van der Waals surface area contributed by atoms with Gasteiger partial charge in [-0.15, -0.1) is 0 Å². The van der Waals surface area contributed by atoms with Crippen LogP contribution in [0.25, 0.3) is 0 Å². The van der Waals surface area contributed by atoms with Crippen LogP contribution in [0.15, 0.2) is 0 Å². The summed E-state index contributed by atoms with van der Waals surface area (Å²) in [4.78, 5) is 0. The van der Waals surface area contributed by atoms with Gasteiger partial charge in [-0.05, 0) is 49.4 Å². The van der Waals surface area contributed by atoms with E-state index in [1.165, 1.54) is 38.5 Å². The highest BCUT2D eigenvalue weighted by Gasteiger charge is 2.34. The van der Waals surface area contributed by atoms with Gasteiger partial charge in [0.1, 0.15) is 0 Å². The molecular formula is C19H36. The largest absolute Gasteiger partial charge is 0.0654 e. The molecule has 0 aromatic heterocycles. The van der Waals surface area contributed by atoms with Crippen LogP contribution >= 0.6 is 0 Å². The fraction of sp³-hybridized carbons (Fsp3) is 1.00. The van der Waals surface area contributed by atoms with Crippen molar-refractivity contribution in [2.45, 2.75) is 97.3 Å². The molecule has 0 radical (unpaired) electrons. The summed E-state index contributed by atoms with van der Waals surface area (Å²) in [6, 6.07) is 0. The molecule has 0 heterocycles. The summed E-state index contributed by atoms with van der Waals surface area (Å²) in [5.41, 5.74) is 0. The first-order chi connectivity index (χ1) is 9.33. The molecule has 0 aromatic carbocycles. The smallest absolute Gasteiger partial charge is 0.0383 e. The zero-order valence-electron chi connectivity index (χ0n) is 13.5. The number of hydrogen-bond acceptors (Lipinski definition) is 0. The van der Waals surface area contributed by atoms with Crippen LogP contribution in [0.2, 0.25) is 0 Å². The van der Waals surface area contributed by atoms with Gasteiger partial charge in [-0.25, -0.2) is 0 Å². The zero-order chi connectivity index (χ0) is 13.5. The van der Waals surface area contributed by atoms with E-state index in [1.54, 1.807) is 44.9 Å². The van der Waals surface area contributed by atoms with Crippen molar-refractivity contribution in [2.75, 3.05) is 0 Å². The maximum absolute atomic E-state index is 2.40. The topological polar surface area (TPSA) is 0 Å². The summed E-state index contributed by atoms with van der Waals surface area (Å²) < 4.78 is 0. The zero-order valence-corrected chi connectivity index (χ0v) is 13.5. The predicted octanol–water partition coefficient (Wildman–Crippen LogP) is 6.59. The van der Waals surface area contributed by atoms with Gasteiger partial charge in [-0.1, -0.05) is 71.6 Å². The molecule has 2 aliphatic carbocycles. The molecule has 2 rings (SSSR count). The lowest BCUT2D eigenvalue weighted by atomic mass is 9.64. The first-order valence-electron chi connectivity index (χ1n) is 9.33. The van der Waals surface area contributed by atoms with Gasteiger partial charge in [0.15, 0.2) is 0 Å². The average molecular weight is 264 g/mol. The Morgan fingerprint density at radius 1 is 0.684 bits per heavy atom. The van der Waals surface area contributed by atoms with E-state index < -0.39 is 0 Å². The Balaban J connectivity index is 1.63. The molecule has 2 fully saturated rings. The minimum atomic E-state index is 1.08. The molecule has 0 nitrogen and oxygen atoms in total. The van der Waals surface area contributed by atoms with E-state index in [0.29, 0.717) is 0 Å². The second kappa shape index (κ2) is 8.32. The third-order valence-electron chi connectivity index (χ3n) is 6.12. The van der Waals surface area contributed by atoms with Gasteiger partial charge in [-0.3, -0.25) is 0 Å². The molecular weight excluding hydrogens is 228 g/mol. The summed E-state index contributed by atoms with van der Waals surface area (Å²) in [6.45, 7) is 4.71. The van der Waals surface area contributed by atoms with Crippen LogP contribution in [0, 0.1) is 23.7 Å². The van der Waals surface area contributed by atoms with Gasteiger partial charge in [-0.2, -0.15) is 0 Å². The Hall–Kier alpha value is 0. The molecule has 2 saturated carbocycles. The third kappa shape index (κ3) is 4.80. The van der Waals surface area contributed by atoms with Crippen LogP contribution in [0.4, 0.5) is 0 Å². The van der Waals surface area contributed by atoms with Crippen LogP contribution in [-0.2, 0) is 0 Å². The molecule has 0 aromatic rings. The molecule has 4 atom stereocenters. The lowest BCUT2D eigenvalue weighted by Gasteiger charge is -2.42.